The summed E-state index contributed by atoms with van der Waals surface area (Å²) in [5, 5.41) is 10.4. The molecule has 0 spiro atoms. The largest absolute Gasteiger partial charge is 0.495 e. The van der Waals surface area contributed by atoms with E-state index in [0.29, 0.717) is 18.4 Å². The van der Waals surface area contributed by atoms with Crippen LogP contribution in [0.5, 0.6) is 5.75 Å². The van der Waals surface area contributed by atoms with Crippen LogP contribution in [0.3, 0.4) is 0 Å². The van der Waals surface area contributed by atoms with Crippen molar-refractivity contribution in [1.29, 1.82) is 0 Å². The molecule has 0 saturated carbocycles. The van der Waals surface area contributed by atoms with Crippen LogP contribution in [-0.2, 0) is 4.74 Å². The van der Waals surface area contributed by atoms with Gasteiger partial charge in [0.15, 0.2) is 0 Å². The fourth-order valence-electron chi connectivity index (χ4n) is 2.28. The Balaban J connectivity index is 2.07. The number of rotatable bonds is 4. The van der Waals surface area contributed by atoms with Gasteiger partial charge in [0.2, 0.25) is 0 Å². The summed E-state index contributed by atoms with van der Waals surface area (Å²) in [5.41, 5.74) is 0.731. The van der Waals surface area contributed by atoms with E-state index >= 15 is 0 Å². The first kappa shape index (κ1) is 14.2. The Hall–Kier alpha value is -1.17. The number of hydrogen-bond donors (Lipinski definition) is 1. The molecule has 2 atom stereocenters. The molecule has 0 bridgehead atoms. The zero-order valence-corrected chi connectivity index (χ0v) is 11.7. The molecule has 5 nitrogen and oxygen atoms in total. The number of aliphatic hydroxyl groups excluding tert-OH is 1. The standard InChI is InChI=1S/C14H22N2O3/c1-10(2)16-4-5-19-13(9-16)14(17)11-6-12(18-3)8-15-7-11/h6-8,10,13-14,17H,4-5,9H2,1-3H3. The quantitative estimate of drug-likeness (QED) is 0.888. The Kier molecular flexibility index (Phi) is 4.74. The predicted octanol–water partition coefficient (Wildman–Crippen LogP) is 1.23. The highest BCUT2D eigenvalue weighted by molar-refractivity contribution is 5.25. The molecule has 1 aliphatic heterocycles. The van der Waals surface area contributed by atoms with Gasteiger partial charge in [-0.05, 0) is 19.9 Å². The van der Waals surface area contributed by atoms with Crippen molar-refractivity contribution < 1.29 is 14.6 Å². The van der Waals surface area contributed by atoms with Gasteiger partial charge >= 0.3 is 0 Å². The summed E-state index contributed by atoms with van der Waals surface area (Å²) < 4.78 is 10.8. The fourth-order valence-corrected chi connectivity index (χ4v) is 2.28. The van der Waals surface area contributed by atoms with E-state index in [1.807, 2.05) is 0 Å². The van der Waals surface area contributed by atoms with Crippen LogP contribution in [0.25, 0.3) is 0 Å². The maximum Gasteiger partial charge on any atom is 0.137 e. The van der Waals surface area contributed by atoms with Gasteiger partial charge in [-0.1, -0.05) is 0 Å². The minimum atomic E-state index is -0.677. The second kappa shape index (κ2) is 6.32. The molecule has 1 N–H and O–H groups in total. The summed E-state index contributed by atoms with van der Waals surface area (Å²) in [6.45, 7) is 6.61. The van der Waals surface area contributed by atoms with Crippen molar-refractivity contribution in [1.82, 2.24) is 9.88 Å². The minimum Gasteiger partial charge on any atom is -0.495 e. The van der Waals surface area contributed by atoms with Gasteiger partial charge < -0.3 is 14.6 Å². The molecule has 0 amide bonds. The molecule has 2 unspecified atom stereocenters. The van der Waals surface area contributed by atoms with Crippen LogP contribution in [0.15, 0.2) is 18.5 Å². The van der Waals surface area contributed by atoms with Gasteiger partial charge in [-0.2, -0.15) is 0 Å². The lowest BCUT2D eigenvalue weighted by atomic mass is 10.0. The van der Waals surface area contributed by atoms with Gasteiger partial charge in [0.1, 0.15) is 18.0 Å². The highest BCUT2D eigenvalue weighted by Crippen LogP contribution is 2.24. The molecule has 0 aromatic carbocycles. The number of hydrogen-bond acceptors (Lipinski definition) is 5. The van der Waals surface area contributed by atoms with E-state index in [1.54, 1.807) is 25.6 Å². The average Bonchev–Trinajstić information content (AvgIpc) is 2.46. The Morgan fingerprint density at radius 3 is 2.95 bits per heavy atom. The van der Waals surface area contributed by atoms with E-state index in [9.17, 15) is 5.11 Å². The second-order valence-electron chi connectivity index (χ2n) is 5.10. The first-order chi connectivity index (χ1) is 9.11. The summed E-state index contributed by atoms with van der Waals surface area (Å²) in [6, 6.07) is 2.26. The Morgan fingerprint density at radius 2 is 2.26 bits per heavy atom. The van der Waals surface area contributed by atoms with Crippen molar-refractivity contribution in [3.63, 3.8) is 0 Å². The van der Waals surface area contributed by atoms with Crippen LogP contribution in [0.4, 0.5) is 0 Å². The first-order valence-electron chi connectivity index (χ1n) is 6.64. The average molecular weight is 266 g/mol. The van der Waals surface area contributed by atoms with Crippen LogP contribution in [0.2, 0.25) is 0 Å². The van der Waals surface area contributed by atoms with Gasteiger partial charge in [0.05, 0.1) is 19.9 Å². The maximum atomic E-state index is 10.4. The highest BCUT2D eigenvalue weighted by Gasteiger charge is 2.29. The molecular formula is C14H22N2O3. The molecule has 0 aliphatic carbocycles. The van der Waals surface area contributed by atoms with Crippen LogP contribution in [-0.4, -0.2) is 53.9 Å². The molecule has 1 saturated heterocycles. The van der Waals surface area contributed by atoms with Gasteiger partial charge in [-0.15, -0.1) is 0 Å². The van der Waals surface area contributed by atoms with Crippen molar-refractivity contribution in [2.75, 3.05) is 26.8 Å². The monoisotopic (exact) mass is 266 g/mol. The molecule has 1 aliphatic rings. The lowest BCUT2D eigenvalue weighted by molar-refractivity contribution is -0.0962. The van der Waals surface area contributed by atoms with E-state index in [2.05, 4.69) is 23.7 Å². The molecule has 0 radical (unpaired) electrons. The Morgan fingerprint density at radius 1 is 1.47 bits per heavy atom. The SMILES string of the molecule is COc1cncc(C(O)C2CN(C(C)C)CCO2)c1. The number of pyridine rings is 1. The molecule has 5 heteroatoms. The Labute approximate surface area is 114 Å². The van der Waals surface area contributed by atoms with Gasteiger partial charge in [0.25, 0.3) is 0 Å². The lowest BCUT2D eigenvalue weighted by Crippen LogP contribution is -2.47. The van der Waals surface area contributed by atoms with Crippen molar-refractivity contribution in [2.45, 2.75) is 32.1 Å². The van der Waals surface area contributed by atoms with E-state index < -0.39 is 6.10 Å². The number of methoxy groups -OCH3 is 1. The van der Waals surface area contributed by atoms with E-state index in [1.165, 1.54) is 0 Å². The number of aromatic nitrogens is 1. The first-order valence-corrected chi connectivity index (χ1v) is 6.64. The lowest BCUT2D eigenvalue weighted by Gasteiger charge is -2.37. The van der Waals surface area contributed by atoms with Crippen molar-refractivity contribution in [2.24, 2.45) is 0 Å². The molecule has 106 valence electrons. The van der Waals surface area contributed by atoms with E-state index in [-0.39, 0.29) is 6.10 Å². The predicted molar refractivity (Wildman–Crippen MR) is 72.2 cm³/mol. The van der Waals surface area contributed by atoms with Gasteiger partial charge in [-0.25, -0.2) is 0 Å². The molecule has 19 heavy (non-hydrogen) atoms. The number of nitrogens with zero attached hydrogens (tertiary/aromatic N) is 2. The van der Waals surface area contributed by atoms with E-state index in [4.69, 9.17) is 9.47 Å². The third-order valence-electron chi connectivity index (χ3n) is 3.52. The van der Waals surface area contributed by atoms with Crippen molar-refractivity contribution in [3.8, 4) is 5.75 Å². The van der Waals surface area contributed by atoms with Crippen molar-refractivity contribution in [3.05, 3.63) is 24.0 Å². The topological polar surface area (TPSA) is 54.8 Å². The van der Waals surface area contributed by atoms with Crippen LogP contribution < -0.4 is 4.74 Å². The summed E-state index contributed by atoms with van der Waals surface area (Å²) in [6.07, 6.45) is 2.39. The van der Waals surface area contributed by atoms with Crippen LogP contribution in [0, 0.1) is 0 Å². The second-order valence-corrected chi connectivity index (χ2v) is 5.10. The summed E-state index contributed by atoms with van der Waals surface area (Å²) in [5.74, 6) is 0.646. The zero-order chi connectivity index (χ0) is 13.8. The highest BCUT2D eigenvalue weighted by atomic mass is 16.5. The van der Waals surface area contributed by atoms with Gasteiger partial charge in [-0.3, -0.25) is 9.88 Å². The van der Waals surface area contributed by atoms with Gasteiger partial charge in [0, 0.05) is 30.9 Å². The van der Waals surface area contributed by atoms with Crippen LogP contribution >= 0.6 is 0 Å². The molecule has 1 aromatic rings. The third-order valence-corrected chi connectivity index (χ3v) is 3.52. The zero-order valence-electron chi connectivity index (χ0n) is 11.7. The summed E-state index contributed by atoms with van der Waals surface area (Å²) >= 11 is 0. The fraction of sp³-hybridized carbons (Fsp3) is 0.643. The number of ether oxygens (including phenoxy) is 2. The Bertz CT molecular complexity index is 411. The molecule has 2 rings (SSSR count). The third kappa shape index (κ3) is 3.43. The molecule has 2 heterocycles. The van der Waals surface area contributed by atoms with E-state index in [0.717, 1.165) is 18.7 Å². The normalized spacial score (nSPS) is 22.5. The number of aliphatic hydroxyl groups is 1. The molecule has 1 fully saturated rings. The van der Waals surface area contributed by atoms with Crippen LogP contribution in [0.1, 0.15) is 25.5 Å². The summed E-state index contributed by atoms with van der Waals surface area (Å²) in [4.78, 5) is 6.38. The number of morpholine rings is 1. The van der Waals surface area contributed by atoms with Crippen molar-refractivity contribution >= 4 is 0 Å². The maximum absolute atomic E-state index is 10.4. The summed E-state index contributed by atoms with van der Waals surface area (Å²) in [7, 11) is 1.59. The molecular weight excluding hydrogens is 244 g/mol. The molecule has 1 aromatic heterocycles. The smallest absolute Gasteiger partial charge is 0.137 e. The minimum absolute atomic E-state index is 0.218.